The van der Waals surface area contributed by atoms with Crippen molar-refractivity contribution in [2.45, 2.75) is 52.0 Å². The van der Waals surface area contributed by atoms with E-state index in [1.807, 2.05) is 20.8 Å². The van der Waals surface area contributed by atoms with Crippen LogP contribution in [-0.2, 0) is 4.74 Å². The van der Waals surface area contributed by atoms with Crippen molar-refractivity contribution in [1.82, 2.24) is 5.43 Å². The summed E-state index contributed by atoms with van der Waals surface area (Å²) in [5, 5.41) is 0. The number of alkyl halides is 4. The maximum atomic E-state index is 12.5. The van der Waals surface area contributed by atoms with Crippen LogP contribution in [0, 0.1) is 5.41 Å². The molecule has 0 heterocycles. The zero-order chi connectivity index (χ0) is 14.4. The molecule has 1 atom stereocenters. The second-order valence-corrected chi connectivity index (χ2v) is 5.54. The highest BCUT2D eigenvalue weighted by molar-refractivity contribution is 4.71. The minimum Gasteiger partial charge on any atom is -0.373 e. The third-order valence-corrected chi connectivity index (χ3v) is 2.41. The molecular formula is C11H22F4N2O. The zero-order valence-electron chi connectivity index (χ0n) is 11.0. The Labute approximate surface area is 105 Å². The van der Waals surface area contributed by atoms with Crippen LogP contribution < -0.4 is 11.3 Å². The van der Waals surface area contributed by atoms with Gasteiger partial charge in [0.25, 0.3) is 0 Å². The van der Waals surface area contributed by atoms with Crippen molar-refractivity contribution in [2.75, 3.05) is 13.2 Å². The lowest BCUT2D eigenvalue weighted by molar-refractivity contribution is -0.167. The van der Waals surface area contributed by atoms with Gasteiger partial charge in [-0.05, 0) is 18.3 Å². The van der Waals surface area contributed by atoms with Gasteiger partial charge in [0, 0.05) is 6.04 Å². The van der Waals surface area contributed by atoms with E-state index in [-0.39, 0.29) is 18.1 Å². The van der Waals surface area contributed by atoms with Crippen molar-refractivity contribution < 1.29 is 22.3 Å². The fourth-order valence-electron chi connectivity index (χ4n) is 1.22. The van der Waals surface area contributed by atoms with Gasteiger partial charge in [-0.2, -0.15) is 8.78 Å². The van der Waals surface area contributed by atoms with E-state index in [0.29, 0.717) is 6.42 Å². The second-order valence-electron chi connectivity index (χ2n) is 5.54. The highest BCUT2D eigenvalue weighted by atomic mass is 19.3. The molecule has 0 aliphatic rings. The van der Waals surface area contributed by atoms with Crippen LogP contribution >= 0.6 is 0 Å². The standard InChI is InChI=1S/C11H22F4N2O/c1-10(2,3)5-4-8(17-16)6-18-7-11(14,15)9(12)13/h8-9,17H,4-7,16H2,1-3H3. The fraction of sp³-hybridized carbons (Fsp3) is 1.00. The Kier molecular flexibility index (Phi) is 7.09. The van der Waals surface area contributed by atoms with Crippen molar-refractivity contribution in [3.05, 3.63) is 0 Å². The molecule has 0 rings (SSSR count). The van der Waals surface area contributed by atoms with E-state index >= 15 is 0 Å². The first-order chi connectivity index (χ1) is 8.08. The summed E-state index contributed by atoms with van der Waals surface area (Å²) in [5.41, 5.74) is 2.52. The predicted octanol–water partition coefficient (Wildman–Crippen LogP) is 2.56. The summed E-state index contributed by atoms with van der Waals surface area (Å²) >= 11 is 0. The van der Waals surface area contributed by atoms with E-state index in [1.165, 1.54) is 0 Å². The molecule has 110 valence electrons. The molecule has 0 aromatic heterocycles. The van der Waals surface area contributed by atoms with Gasteiger partial charge in [0.2, 0.25) is 0 Å². The minimum absolute atomic E-state index is 0.0853. The molecule has 0 aromatic rings. The van der Waals surface area contributed by atoms with Gasteiger partial charge in [-0.25, -0.2) is 8.78 Å². The molecule has 0 aliphatic heterocycles. The van der Waals surface area contributed by atoms with Crippen LogP contribution in [0.2, 0.25) is 0 Å². The van der Waals surface area contributed by atoms with Crippen molar-refractivity contribution in [1.29, 1.82) is 0 Å². The number of halogens is 4. The third-order valence-electron chi connectivity index (χ3n) is 2.41. The second kappa shape index (κ2) is 7.25. The topological polar surface area (TPSA) is 47.3 Å². The summed E-state index contributed by atoms with van der Waals surface area (Å²) in [6, 6.07) is -0.322. The molecule has 0 saturated carbocycles. The van der Waals surface area contributed by atoms with E-state index in [0.717, 1.165) is 6.42 Å². The molecule has 0 bridgehead atoms. The first kappa shape index (κ1) is 17.6. The van der Waals surface area contributed by atoms with Crippen molar-refractivity contribution in [2.24, 2.45) is 11.3 Å². The van der Waals surface area contributed by atoms with Gasteiger partial charge < -0.3 is 4.74 Å². The highest BCUT2D eigenvalue weighted by Crippen LogP contribution is 2.24. The van der Waals surface area contributed by atoms with Gasteiger partial charge in [-0.3, -0.25) is 11.3 Å². The van der Waals surface area contributed by atoms with Crippen LogP contribution in [0.15, 0.2) is 0 Å². The molecule has 0 spiro atoms. The molecule has 0 aromatic carbocycles. The SMILES string of the molecule is CC(C)(C)CCC(COCC(F)(F)C(F)F)NN. The van der Waals surface area contributed by atoms with Crippen LogP contribution in [0.5, 0.6) is 0 Å². The summed E-state index contributed by atoms with van der Waals surface area (Å²) in [5.74, 6) is 1.14. The lowest BCUT2D eigenvalue weighted by atomic mass is 9.89. The molecule has 0 radical (unpaired) electrons. The summed E-state index contributed by atoms with van der Waals surface area (Å²) < 4.78 is 53.4. The predicted molar refractivity (Wildman–Crippen MR) is 61.6 cm³/mol. The molecule has 1 unspecified atom stereocenters. The van der Waals surface area contributed by atoms with E-state index in [4.69, 9.17) is 5.84 Å². The molecule has 3 N–H and O–H groups in total. The molecule has 0 aliphatic carbocycles. The molecular weight excluding hydrogens is 252 g/mol. The third kappa shape index (κ3) is 7.84. The molecule has 3 nitrogen and oxygen atoms in total. The smallest absolute Gasteiger partial charge is 0.330 e. The number of nitrogens with two attached hydrogens (primary N) is 1. The van der Waals surface area contributed by atoms with E-state index in [2.05, 4.69) is 10.2 Å². The Bertz CT molecular complexity index is 232. The van der Waals surface area contributed by atoms with E-state index in [9.17, 15) is 17.6 Å². The monoisotopic (exact) mass is 274 g/mol. The quantitative estimate of drug-likeness (QED) is 0.406. The molecule has 0 fully saturated rings. The fourth-order valence-corrected chi connectivity index (χ4v) is 1.22. The van der Waals surface area contributed by atoms with E-state index < -0.39 is 19.0 Å². The van der Waals surface area contributed by atoms with Gasteiger partial charge in [0.05, 0.1) is 6.61 Å². The maximum Gasteiger partial charge on any atom is 0.330 e. The van der Waals surface area contributed by atoms with Crippen molar-refractivity contribution in [3.63, 3.8) is 0 Å². The van der Waals surface area contributed by atoms with Crippen LogP contribution in [0.3, 0.4) is 0 Å². The van der Waals surface area contributed by atoms with Gasteiger partial charge in [0.1, 0.15) is 6.61 Å². The Balaban J connectivity index is 3.95. The Morgan fingerprint density at radius 2 is 1.78 bits per heavy atom. The van der Waals surface area contributed by atoms with Gasteiger partial charge in [0.15, 0.2) is 0 Å². The largest absolute Gasteiger partial charge is 0.373 e. The Hall–Kier alpha value is -0.400. The Morgan fingerprint density at radius 1 is 1.22 bits per heavy atom. The number of hydrazine groups is 1. The average Bonchev–Trinajstić information content (AvgIpc) is 2.21. The summed E-state index contributed by atoms with van der Waals surface area (Å²) in [4.78, 5) is 0. The lowest BCUT2D eigenvalue weighted by Gasteiger charge is -2.23. The van der Waals surface area contributed by atoms with E-state index in [1.54, 1.807) is 0 Å². The van der Waals surface area contributed by atoms with Crippen LogP contribution in [-0.4, -0.2) is 31.6 Å². The Morgan fingerprint density at radius 3 is 2.17 bits per heavy atom. The van der Waals surface area contributed by atoms with Gasteiger partial charge in [-0.1, -0.05) is 20.8 Å². The lowest BCUT2D eigenvalue weighted by Crippen LogP contribution is -2.41. The average molecular weight is 274 g/mol. The van der Waals surface area contributed by atoms with Crippen LogP contribution in [0.25, 0.3) is 0 Å². The number of ether oxygens (including phenoxy) is 1. The van der Waals surface area contributed by atoms with Crippen LogP contribution in [0.4, 0.5) is 17.6 Å². The van der Waals surface area contributed by atoms with Gasteiger partial charge >= 0.3 is 12.3 Å². The van der Waals surface area contributed by atoms with Crippen LogP contribution in [0.1, 0.15) is 33.6 Å². The number of hydrogen-bond acceptors (Lipinski definition) is 3. The van der Waals surface area contributed by atoms with Crippen molar-refractivity contribution >= 4 is 0 Å². The first-order valence-corrected chi connectivity index (χ1v) is 5.78. The zero-order valence-corrected chi connectivity index (χ0v) is 11.0. The number of nitrogens with one attached hydrogen (secondary N) is 1. The van der Waals surface area contributed by atoms with Gasteiger partial charge in [-0.15, -0.1) is 0 Å². The molecule has 18 heavy (non-hydrogen) atoms. The molecule has 7 heteroatoms. The first-order valence-electron chi connectivity index (χ1n) is 5.78. The summed E-state index contributed by atoms with van der Waals surface area (Å²) in [6.45, 7) is 4.69. The summed E-state index contributed by atoms with van der Waals surface area (Å²) in [7, 11) is 0. The number of rotatable bonds is 8. The summed E-state index contributed by atoms with van der Waals surface area (Å²) in [6.07, 6.45) is -2.27. The molecule has 0 saturated heterocycles. The maximum absolute atomic E-state index is 12.5. The minimum atomic E-state index is -4.11. The molecule has 0 amide bonds. The normalized spacial score (nSPS) is 15.2. The van der Waals surface area contributed by atoms with Crippen molar-refractivity contribution in [3.8, 4) is 0 Å². The number of hydrogen-bond donors (Lipinski definition) is 2. The highest BCUT2D eigenvalue weighted by Gasteiger charge is 2.41.